The van der Waals surface area contributed by atoms with Crippen molar-refractivity contribution in [1.82, 2.24) is 14.8 Å². The van der Waals surface area contributed by atoms with Gasteiger partial charge in [-0.1, -0.05) is 30.3 Å². The van der Waals surface area contributed by atoms with Crippen LogP contribution < -0.4 is 5.32 Å². The van der Waals surface area contributed by atoms with Crippen LogP contribution in [0.1, 0.15) is 28.5 Å². The minimum Gasteiger partial charge on any atom is -0.461 e. The first-order valence-electron chi connectivity index (χ1n) is 11.5. The highest BCUT2D eigenvalue weighted by molar-refractivity contribution is 6.41. The minimum absolute atomic E-state index is 0.0265. The molecule has 2 N–H and O–H groups in total. The van der Waals surface area contributed by atoms with Crippen molar-refractivity contribution < 1.29 is 31.9 Å². The van der Waals surface area contributed by atoms with Crippen molar-refractivity contribution in [1.29, 1.82) is 5.41 Å². The lowest BCUT2D eigenvalue weighted by molar-refractivity contribution is -0.137. The van der Waals surface area contributed by atoms with Gasteiger partial charge in [-0.25, -0.2) is 14.2 Å². The molecule has 4 aromatic rings. The number of pyridine rings is 1. The molecule has 0 saturated carbocycles. The van der Waals surface area contributed by atoms with Crippen LogP contribution >= 0.6 is 0 Å². The number of amides is 1. The van der Waals surface area contributed by atoms with Gasteiger partial charge in [0.15, 0.2) is 5.71 Å². The van der Waals surface area contributed by atoms with Crippen molar-refractivity contribution in [3.63, 3.8) is 0 Å². The van der Waals surface area contributed by atoms with Crippen molar-refractivity contribution in [3.05, 3.63) is 89.5 Å². The van der Waals surface area contributed by atoms with Gasteiger partial charge < -0.3 is 10.1 Å². The highest BCUT2D eigenvalue weighted by Gasteiger charge is 2.36. The van der Waals surface area contributed by atoms with E-state index in [0.717, 1.165) is 6.07 Å². The first-order chi connectivity index (χ1) is 18.5. The molecule has 1 amide bonds. The zero-order valence-corrected chi connectivity index (χ0v) is 20.6. The van der Waals surface area contributed by atoms with Crippen molar-refractivity contribution in [3.8, 4) is 22.4 Å². The molecule has 0 saturated heterocycles. The lowest BCUT2D eigenvalue weighted by atomic mass is 9.99. The van der Waals surface area contributed by atoms with Crippen molar-refractivity contribution in [2.24, 2.45) is 7.05 Å². The number of nitrogens with one attached hydrogen (secondary N) is 2. The Balaban J connectivity index is 1.80. The van der Waals surface area contributed by atoms with Gasteiger partial charge in [-0.05, 0) is 42.8 Å². The Hall–Kier alpha value is -4.87. The Kier molecular flexibility index (Phi) is 7.56. The molecule has 0 spiro atoms. The quantitative estimate of drug-likeness (QED) is 0.183. The SMILES string of the molecule is CCOC(=O)C(=N)c1ccc(-c2ccccc2)c(NC(=O)c2cc(-c3ccn(C)n3)c(C(F)(F)F)cc2F)n1. The number of nitrogens with zero attached hydrogens (tertiary/aromatic N) is 3. The van der Waals surface area contributed by atoms with Gasteiger partial charge >= 0.3 is 12.1 Å². The van der Waals surface area contributed by atoms with Gasteiger partial charge in [0.25, 0.3) is 5.91 Å². The number of carbonyl (C=O) groups is 2. The Morgan fingerprint density at radius 1 is 1.05 bits per heavy atom. The van der Waals surface area contributed by atoms with Gasteiger partial charge in [0.2, 0.25) is 0 Å². The molecule has 0 unspecified atom stereocenters. The number of esters is 1. The van der Waals surface area contributed by atoms with E-state index >= 15 is 0 Å². The second-order valence-corrected chi connectivity index (χ2v) is 8.26. The van der Waals surface area contributed by atoms with E-state index in [2.05, 4.69) is 15.4 Å². The van der Waals surface area contributed by atoms with Crippen LogP contribution in [0.2, 0.25) is 0 Å². The number of rotatable bonds is 7. The van der Waals surface area contributed by atoms with Crippen LogP contribution in [-0.4, -0.2) is 39.0 Å². The Labute approximate surface area is 219 Å². The molecule has 0 aliphatic carbocycles. The Morgan fingerprint density at radius 3 is 2.38 bits per heavy atom. The third kappa shape index (κ3) is 5.84. The molecule has 0 radical (unpaired) electrons. The summed E-state index contributed by atoms with van der Waals surface area (Å²) in [6.45, 7) is 1.60. The summed E-state index contributed by atoms with van der Waals surface area (Å²) in [6, 6.07) is 13.9. The predicted molar refractivity (Wildman–Crippen MR) is 135 cm³/mol. The number of benzene rings is 2. The van der Waals surface area contributed by atoms with Crippen LogP contribution in [0.3, 0.4) is 0 Å². The molecule has 0 aliphatic rings. The number of aryl methyl sites for hydroxylation is 1. The van der Waals surface area contributed by atoms with Gasteiger partial charge in [-0.3, -0.25) is 14.9 Å². The molecule has 2 aromatic carbocycles. The van der Waals surface area contributed by atoms with Gasteiger partial charge in [-0.15, -0.1) is 0 Å². The van der Waals surface area contributed by atoms with E-state index < -0.39 is 46.3 Å². The monoisotopic (exact) mass is 539 g/mol. The average molecular weight is 539 g/mol. The van der Waals surface area contributed by atoms with Gasteiger partial charge in [0.1, 0.15) is 11.6 Å². The lowest BCUT2D eigenvalue weighted by Gasteiger charge is -2.16. The molecular weight excluding hydrogens is 518 g/mol. The highest BCUT2D eigenvalue weighted by Crippen LogP contribution is 2.38. The molecule has 2 heterocycles. The zero-order chi connectivity index (χ0) is 28.3. The van der Waals surface area contributed by atoms with Crippen LogP contribution in [0.15, 0.2) is 66.9 Å². The summed E-state index contributed by atoms with van der Waals surface area (Å²) in [6.07, 6.45) is -3.49. The van der Waals surface area contributed by atoms with Gasteiger partial charge in [0, 0.05) is 24.4 Å². The molecule has 0 bridgehead atoms. The number of hydrogen-bond donors (Lipinski definition) is 2. The average Bonchev–Trinajstić information content (AvgIpc) is 3.34. The fraction of sp³-hybridized carbons (Fsp3) is 0.148. The number of ether oxygens (including phenoxy) is 1. The molecule has 12 heteroatoms. The van der Waals surface area contributed by atoms with E-state index in [4.69, 9.17) is 10.1 Å². The third-order valence-electron chi connectivity index (χ3n) is 5.59. The van der Waals surface area contributed by atoms with Crippen LogP contribution in [0.25, 0.3) is 22.4 Å². The summed E-state index contributed by atoms with van der Waals surface area (Å²) in [5.74, 6) is -3.58. The maximum Gasteiger partial charge on any atom is 0.417 e. The van der Waals surface area contributed by atoms with Crippen LogP contribution in [0, 0.1) is 11.2 Å². The van der Waals surface area contributed by atoms with Gasteiger partial charge in [0.05, 0.1) is 29.1 Å². The maximum atomic E-state index is 15.0. The maximum absolute atomic E-state index is 15.0. The number of halogens is 4. The summed E-state index contributed by atoms with van der Waals surface area (Å²) in [7, 11) is 1.51. The first-order valence-corrected chi connectivity index (χ1v) is 11.5. The molecule has 4 rings (SSSR count). The van der Waals surface area contributed by atoms with Crippen molar-refractivity contribution >= 4 is 23.4 Å². The lowest BCUT2D eigenvalue weighted by Crippen LogP contribution is -2.21. The van der Waals surface area contributed by atoms with E-state index in [0.29, 0.717) is 11.1 Å². The molecule has 8 nitrogen and oxygen atoms in total. The number of hydrogen-bond acceptors (Lipinski definition) is 6. The molecule has 0 fully saturated rings. The molecule has 2 aromatic heterocycles. The Morgan fingerprint density at radius 2 is 1.77 bits per heavy atom. The number of anilines is 1. The fourth-order valence-electron chi connectivity index (χ4n) is 3.78. The van der Waals surface area contributed by atoms with E-state index in [9.17, 15) is 27.2 Å². The zero-order valence-electron chi connectivity index (χ0n) is 20.6. The summed E-state index contributed by atoms with van der Waals surface area (Å²) in [5, 5.41) is 14.5. The Bertz CT molecular complexity index is 1570. The molecule has 0 atom stereocenters. The molecule has 39 heavy (non-hydrogen) atoms. The smallest absolute Gasteiger partial charge is 0.417 e. The summed E-state index contributed by atoms with van der Waals surface area (Å²) < 4.78 is 62.2. The summed E-state index contributed by atoms with van der Waals surface area (Å²) in [5.41, 5.74) is -2.32. The molecular formula is C27H21F4N5O3. The number of aromatic nitrogens is 3. The highest BCUT2D eigenvalue weighted by atomic mass is 19.4. The molecule has 0 aliphatic heterocycles. The van der Waals surface area contributed by atoms with Crippen LogP contribution in [0.4, 0.5) is 23.4 Å². The van der Waals surface area contributed by atoms with Crippen LogP contribution in [0.5, 0.6) is 0 Å². The second-order valence-electron chi connectivity index (χ2n) is 8.26. The third-order valence-corrected chi connectivity index (χ3v) is 5.59. The largest absolute Gasteiger partial charge is 0.461 e. The first kappa shape index (κ1) is 27.2. The van der Waals surface area contributed by atoms with Crippen molar-refractivity contribution in [2.75, 3.05) is 11.9 Å². The summed E-state index contributed by atoms with van der Waals surface area (Å²) >= 11 is 0. The van der Waals surface area contributed by atoms with E-state index in [1.165, 1.54) is 36.1 Å². The normalized spacial score (nSPS) is 11.2. The van der Waals surface area contributed by atoms with Crippen molar-refractivity contribution in [2.45, 2.75) is 13.1 Å². The topological polar surface area (TPSA) is 110 Å². The minimum atomic E-state index is -4.91. The van der Waals surface area contributed by atoms with E-state index in [1.54, 1.807) is 37.3 Å². The fourth-order valence-corrected chi connectivity index (χ4v) is 3.78. The van der Waals surface area contributed by atoms with E-state index in [-0.39, 0.29) is 29.9 Å². The number of alkyl halides is 3. The number of carbonyl (C=O) groups excluding carboxylic acids is 2. The van der Waals surface area contributed by atoms with Crippen LogP contribution in [-0.2, 0) is 22.8 Å². The predicted octanol–water partition coefficient (Wildman–Crippen LogP) is 5.49. The standard InChI is InChI=1S/C27H21F4N5O3/c1-3-39-26(38)23(32)22-10-9-16(15-7-5-4-6-8-15)24(33-22)34-25(37)18-13-17(21-11-12-36(2)35-21)19(14-20(18)28)27(29,30)31/h4-14,32H,3H2,1-2H3,(H,33,34,37). The molecule has 200 valence electrons. The van der Waals surface area contributed by atoms with Gasteiger partial charge in [-0.2, -0.15) is 18.3 Å². The van der Waals surface area contributed by atoms with E-state index in [1.807, 2.05) is 0 Å². The second kappa shape index (κ2) is 10.9. The summed E-state index contributed by atoms with van der Waals surface area (Å²) in [4.78, 5) is 29.5.